The first-order valence-electron chi connectivity index (χ1n) is 7.52. The third kappa shape index (κ3) is 4.60. The van der Waals surface area contributed by atoms with E-state index in [0.717, 1.165) is 9.13 Å². The monoisotopic (exact) mass is 451 g/mol. The Hall–Kier alpha value is -2.33. The first-order valence-corrected chi connectivity index (χ1v) is 8.60. The van der Waals surface area contributed by atoms with Gasteiger partial charge in [0.15, 0.2) is 0 Å². The molecule has 0 saturated carbocycles. The molecule has 3 N–H and O–H groups in total. The van der Waals surface area contributed by atoms with E-state index >= 15 is 0 Å². The van der Waals surface area contributed by atoms with Crippen molar-refractivity contribution in [1.82, 2.24) is 15.0 Å². The Labute approximate surface area is 157 Å². The van der Waals surface area contributed by atoms with Gasteiger partial charge in [-0.05, 0) is 52.9 Å². The smallest absolute Gasteiger partial charge is 0.225 e. The minimum Gasteiger partial charge on any atom is -0.395 e. The molecule has 3 rings (SSSR count). The molecule has 6 nitrogen and oxygen atoms in total. The van der Waals surface area contributed by atoms with E-state index in [-0.39, 0.29) is 12.4 Å². The number of anilines is 3. The van der Waals surface area contributed by atoms with Crippen molar-refractivity contribution >= 4 is 40.0 Å². The Kier molecular flexibility index (Phi) is 5.71. The van der Waals surface area contributed by atoms with E-state index in [0.29, 0.717) is 29.7 Å². The first kappa shape index (κ1) is 17.5. The summed E-state index contributed by atoms with van der Waals surface area (Å²) in [6.45, 7) is 0.272. The summed E-state index contributed by atoms with van der Waals surface area (Å²) in [6, 6.07) is 10.3. The predicted molar refractivity (Wildman–Crippen MR) is 103 cm³/mol. The molecule has 0 amide bonds. The normalized spacial score (nSPS) is 10.5. The fourth-order valence-electron chi connectivity index (χ4n) is 2.16. The molecular weight excluding hydrogens is 436 g/mol. The molecule has 0 saturated heterocycles. The molecule has 0 bridgehead atoms. The molecule has 2 heterocycles. The zero-order chi connectivity index (χ0) is 17.6. The molecule has 25 heavy (non-hydrogen) atoms. The second-order valence-electron chi connectivity index (χ2n) is 5.10. The number of hydrogen-bond donors (Lipinski definition) is 3. The summed E-state index contributed by atoms with van der Waals surface area (Å²) in [6.07, 6.45) is 3.34. The Balaban J connectivity index is 1.96. The third-order valence-electron chi connectivity index (χ3n) is 3.29. The number of aliphatic hydroxyl groups excluding tert-OH is 1. The molecule has 0 aliphatic rings. The summed E-state index contributed by atoms with van der Waals surface area (Å²) in [5, 5.41) is 14.9. The topological polar surface area (TPSA) is 83.0 Å². The highest BCUT2D eigenvalue weighted by molar-refractivity contribution is 14.1. The Morgan fingerprint density at radius 3 is 2.60 bits per heavy atom. The molecule has 2 aromatic heterocycles. The molecule has 3 aromatic rings. The Morgan fingerprint density at radius 1 is 1.08 bits per heavy atom. The summed E-state index contributed by atoms with van der Waals surface area (Å²) in [5.41, 5.74) is 1.84. The molecule has 0 aliphatic heterocycles. The van der Waals surface area contributed by atoms with Crippen molar-refractivity contribution in [2.24, 2.45) is 0 Å². The minimum atomic E-state index is -0.360. The van der Waals surface area contributed by atoms with Gasteiger partial charge in [0, 0.05) is 34.1 Å². The number of nitrogens with one attached hydrogen (secondary N) is 2. The van der Waals surface area contributed by atoms with Crippen LogP contribution in [0.5, 0.6) is 0 Å². The zero-order valence-electron chi connectivity index (χ0n) is 13.1. The number of rotatable bonds is 6. The van der Waals surface area contributed by atoms with Gasteiger partial charge in [0.25, 0.3) is 0 Å². The van der Waals surface area contributed by atoms with Gasteiger partial charge >= 0.3 is 0 Å². The molecule has 8 heteroatoms. The zero-order valence-corrected chi connectivity index (χ0v) is 15.2. The van der Waals surface area contributed by atoms with Gasteiger partial charge in [0.1, 0.15) is 11.6 Å². The van der Waals surface area contributed by atoms with Gasteiger partial charge < -0.3 is 15.7 Å². The van der Waals surface area contributed by atoms with E-state index < -0.39 is 0 Å². The van der Waals surface area contributed by atoms with Crippen LogP contribution in [-0.2, 0) is 0 Å². The van der Waals surface area contributed by atoms with E-state index in [1.165, 1.54) is 6.07 Å². The molecule has 1 aromatic carbocycles. The maximum absolute atomic E-state index is 14.1. The van der Waals surface area contributed by atoms with Crippen molar-refractivity contribution in [2.75, 3.05) is 23.8 Å². The molecular formula is C17H15FIN5O. The van der Waals surface area contributed by atoms with Crippen LogP contribution in [0.25, 0.3) is 11.3 Å². The number of aliphatic hydroxyl groups is 1. The second kappa shape index (κ2) is 8.17. The summed E-state index contributed by atoms with van der Waals surface area (Å²) in [7, 11) is 0. The average Bonchev–Trinajstić information content (AvgIpc) is 2.63. The third-order valence-corrected chi connectivity index (χ3v) is 3.96. The van der Waals surface area contributed by atoms with Gasteiger partial charge in [0.05, 0.1) is 18.0 Å². The van der Waals surface area contributed by atoms with Crippen LogP contribution in [0.4, 0.5) is 21.8 Å². The van der Waals surface area contributed by atoms with Crippen molar-refractivity contribution in [3.63, 3.8) is 0 Å². The summed E-state index contributed by atoms with van der Waals surface area (Å²) < 4.78 is 14.9. The maximum Gasteiger partial charge on any atom is 0.225 e. The Morgan fingerprint density at radius 2 is 1.88 bits per heavy atom. The highest BCUT2D eigenvalue weighted by Gasteiger charge is 2.09. The quantitative estimate of drug-likeness (QED) is 0.499. The van der Waals surface area contributed by atoms with Crippen LogP contribution >= 0.6 is 22.6 Å². The lowest BCUT2D eigenvalue weighted by atomic mass is 10.2. The van der Waals surface area contributed by atoms with Crippen molar-refractivity contribution in [3.05, 3.63) is 58.2 Å². The number of benzene rings is 1. The van der Waals surface area contributed by atoms with Crippen LogP contribution < -0.4 is 10.6 Å². The highest BCUT2D eigenvalue weighted by atomic mass is 127. The molecule has 0 atom stereocenters. The van der Waals surface area contributed by atoms with Crippen molar-refractivity contribution < 1.29 is 9.50 Å². The molecule has 0 aliphatic carbocycles. The summed E-state index contributed by atoms with van der Waals surface area (Å²) in [5.74, 6) is 0.431. The second-order valence-corrected chi connectivity index (χ2v) is 6.34. The van der Waals surface area contributed by atoms with E-state index in [1.54, 1.807) is 24.5 Å². The maximum atomic E-state index is 14.1. The number of pyridine rings is 1. The molecule has 0 spiro atoms. The van der Waals surface area contributed by atoms with E-state index in [4.69, 9.17) is 5.11 Å². The fraction of sp³-hybridized carbons (Fsp3) is 0.118. The van der Waals surface area contributed by atoms with Crippen LogP contribution in [0.3, 0.4) is 0 Å². The van der Waals surface area contributed by atoms with E-state index in [1.807, 2.05) is 18.2 Å². The predicted octanol–water partition coefficient (Wildman–Crippen LogP) is 3.43. The van der Waals surface area contributed by atoms with Gasteiger partial charge in [-0.25, -0.2) is 9.37 Å². The first-order chi connectivity index (χ1) is 12.2. The lowest BCUT2D eigenvalue weighted by Gasteiger charge is -2.11. The molecule has 0 fully saturated rings. The highest BCUT2D eigenvalue weighted by Crippen LogP contribution is 2.25. The van der Waals surface area contributed by atoms with Crippen molar-refractivity contribution in [2.45, 2.75) is 0 Å². The SMILES string of the molecule is OCCNc1nc(Nc2ccc(I)cc2F)cc(-c2ccncc2)n1. The lowest BCUT2D eigenvalue weighted by molar-refractivity contribution is 0.311. The number of aromatic nitrogens is 3. The van der Waals surface area contributed by atoms with Crippen LogP contribution in [0.2, 0.25) is 0 Å². The lowest BCUT2D eigenvalue weighted by Crippen LogP contribution is -2.10. The van der Waals surface area contributed by atoms with Gasteiger partial charge in [-0.1, -0.05) is 0 Å². The standard InChI is InChI=1S/C17H15FIN5O/c18-13-9-12(19)1-2-14(13)22-16-10-15(11-3-5-20-6-4-11)23-17(24-16)21-7-8-25/h1-6,9-10,25H,7-8H2,(H2,21,22,23,24). The summed E-state index contributed by atoms with van der Waals surface area (Å²) in [4.78, 5) is 12.7. The molecule has 0 unspecified atom stereocenters. The average molecular weight is 451 g/mol. The summed E-state index contributed by atoms with van der Waals surface area (Å²) >= 11 is 2.05. The van der Waals surface area contributed by atoms with Crippen molar-refractivity contribution in [3.8, 4) is 11.3 Å². The van der Waals surface area contributed by atoms with Crippen molar-refractivity contribution in [1.29, 1.82) is 0 Å². The van der Waals surface area contributed by atoms with Gasteiger partial charge in [-0.15, -0.1) is 0 Å². The van der Waals surface area contributed by atoms with Gasteiger partial charge in [0.2, 0.25) is 5.95 Å². The fourth-order valence-corrected chi connectivity index (χ4v) is 2.61. The minimum absolute atomic E-state index is 0.0443. The number of halogens is 2. The molecule has 128 valence electrons. The largest absolute Gasteiger partial charge is 0.395 e. The van der Waals surface area contributed by atoms with Gasteiger partial charge in [-0.2, -0.15) is 4.98 Å². The number of hydrogen-bond acceptors (Lipinski definition) is 6. The number of nitrogens with zero attached hydrogens (tertiary/aromatic N) is 3. The Bertz CT molecular complexity index is 863. The molecule has 0 radical (unpaired) electrons. The van der Waals surface area contributed by atoms with Crippen LogP contribution in [-0.4, -0.2) is 33.2 Å². The van der Waals surface area contributed by atoms with Crippen LogP contribution in [0.15, 0.2) is 48.8 Å². The van der Waals surface area contributed by atoms with E-state index in [2.05, 4.69) is 48.2 Å². The van der Waals surface area contributed by atoms with E-state index in [9.17, 15) is 4.39 Å². The van der Waals surface area contributed by atoms with Gasteiger partial charge in [-0.3, -0.25) is 4.98 Å². The van der Waals surface area contributed by atoms with Crippen LogP contribution in [0.1, 0.15) is 0 Å². The van der Waals surface area contributed by atoms with Crippen LogP contribution in [0, 0.1) is 9.39 Å².